The third-order valence-electron chi connectivity index (χ3n) is 4.15. The average molecular weight is 300 g/mol. The number of hydrogen-bond acceptors (Lipinski definition) is 3. The molecule has 1 aromatic heterocycles. The lowest BCUT2D eigenvalue weighted by Crippen LogP contribution is -2.37. The molecule has 1 aromatic carbocycles. The normalized spacial score (nSPS) is 16.6. The van der Waals surface area contributed by atoms with Crippen molar-refractivity contribution in [1.29, 1.82) is 0 Å². The fourth-order valence-electron chi connectivity index (χ4n) is 2.87. The number of nitrogens with zero attached hydrogens (tertiary/aromatic N) is 2. The summed E-state index contributed by atoms with van der Waals surface area (Å²) in [5.74, 6) is 0.0844. The standard InChI is InChI=1S/C17H20N2OS/c1-19(13-7-3-2-4-8-13)17(20)12-11-16-18-14-9-5-6-10-15(14)21-16/h5-6,9-13H,2-4,7-8H2,1H3. The van der Waals surface area contributed by atoms with Crippen molar-refractivity contribution in [3.8, 4) is 0 Å². The van der Waals surface area contributed by atoms with Gasteiger partial charge in [-0.1, -0.05) is 31.4 Å². The van der Waals surface area contributed by atoms with Crippen LogP contribution in [-0.2, 0) is 4.79 Å². The van der Waals surface area contributed by atoms with Crippen molar-refractivity contribution in [2.45, 2.75) is 38.1 Å². The Hall–Kier alpha value is -1.68. The van der Waals surface area contributed by atoms with Crippen LogP contribution in [0.4, 0.5) is 0 Å². The highest BCUT2D eigenvalue weighted by atomic mass is 32.1. The largest absolute Gasteiger partial charge is 0.339 e. The van der Waals surface area contributed by atoms with E-state index in [2.05, 4.69) is 11.1 Å². The van der Waals surface area contributed by atoms with E-state index in [-0.39, 0.29) is 5.91 Å². The highest BCUT2D eigenvalue weighted by molar-refractivity contribution is 7.19. The van der Waals surface area contributed by atoms with Crippen LogP contribution in [0.2, 0.25) is 0 Å². The first-order chi connectivity index (χ1) is 10.2. The molecule has 0 radical (unpaired) electrons. The zero-order chi connectivity index (χ0) is 14.7. The highest BCUT2D eigenvalue weighted by Crippen LogP contribution is 2.24. The molecule has 0 N–H and O–H groups in total. The lowest BCUT2D eigenvalue weighted by molar-refractivity contribution is -0.127. The SMILES string of the molecule is CN(C(=O)C=Cc1nc2ccccc2s1)C1CCCCC1. The van der Waals surface area contributed by atoms with Crippen molar-refractivity contribution in [1.82, 2.24) is 9.88 Å². The third kappa shape index (κ3) is 3.32. The molecule has 4 heteroatoms. The lowest BCUT2D eigenvalue weighted by Gasteiger charge is -2.30. The average Bonchev–Trinajstić information content (AvgIpc) is 2.95. The van der Waals surface area contributed by atoms with Gasteiger partial charge in [-0.3, -0.25) is 4.79 Å². The summed E-state index contributed by atoms with van der Waals surface area (Å²) < 4.78 is 1.16. The first-order valence-electron chi connectivity index (χ1n) is 7.54. The van der Waals surface area contributed by atoms with Gasteiger partial charge in [-0.05, 0) is 31.1 Å². The number of hydrogen-bond donors (Lipinski definition) is 0. The summed E-state index contributed by atoms with van der Waals surface area (Å²) in [6, 6.07) is 8.46. The van der Waals surface area contributed by atoms with Gasteiger partial charge in [0.15, 0.2) is 0 Å². The number of rotatable bonds is 3. The van der Waals surface area contributed by atoms with Crippen molar-refractivity contribution >= 4 is 33.5 Å². The molecule has 3 rings (SSSR count). The van der Waals surface area contributed by atoms with Crippen LogP contribution < -0.4 is 0 Å². The Labute approximate surface area is 129 Å². The summed E-state index contributed by atoms with van der Waals surface area (Å²) in [7, 11) is 1.92. The number of carbonyl (C=O) groups excluding carboxylic acids is 1. The van der Waals surface area contributed by atoms with Crippen molar-refractivity contribution in [2.24, 2.45) is 0 Å². The van der Waals surface area contributed by atoms with Crippen LogP contribution in [0.25, 0.3) is 16.3 Å². The predicted octanol–water partition coefficient (Wildman–Crippen LogP) is 4.10. The maximum absolute atomic E-state index is 12.2. The molecular formula is C17H20N2OS. The monoisotopic (exact) mass is 300 g/mol. The Morgan fingerprint density at radius 1 is 1.29 bits per heavy atom. The molecular weight excluding hydrogens is 280 g/mol. The van der Waals surface area contributed by atoms with E-state index in [1.807, 2.05) is 36.2 Å². The second-order valence-electron chi connectivity index (χ2n) is 5.59. The van der Waals surface area contributed by atoms with Gasteiger partial charge in [0.25, 0.3) is 0 Å². The molecule has 3 nitrogen and oxygen atoms in total. The van der Waals surface area contributed by atoms with E-state index in [9.17, 15) is 4.79 Å². The van der Waals surface area contributed by atoms with Crippen molar-refractivity contribution < 1.29 is 4.79 Å². The molecule has 0 saturated heterocycles. The molecule has 1 heterocycles. The molecule has 1 aliphatic carbocycles. The Kier molecular flexibility index (Phi) is 4.34. The fourth-order valence-corrected chi connectivity index (χ4v) is 3.74. The van der Waals surface area contributed by atoms with E-state index < -0.39 is 0 Å². The molecule has 110 valence electrons. The second-order valence-corrected chi connectivity index (χ2v) is 6.66. The molecule has 21 heavy (non-hydrogen) atoms. The number of amides is 1. The summed E-state index contributed by atoms with van der Waals surface area (Å²) >= 11 is 1.62. The molecule has 1 fully saturated rings. The summed E-state index contributed by atoms with van der Waals surface area (Å²) in [4.78, 5) is 18.7. The number of thiazole rings is 1. The topological polar surface area (TPSA) is 33.2 Å². The molecule has 0 spiro atoms. The minimum Gasteiger partial charge on any atom is -0.339 e. The first kappa shape index (κ1) is 14.3. The molecule has 0 unspecified atom stereocenters. The quantitative estimate of drug-likeness (QED) is 0.800. The van der Waals surface area contributed by atoms with Crippen molar-refractivity contribution in [3.63, 3.8) is 0 Å². The van der Waals surface area contributed by atoms with E-state index in [0.717, 1.165) is 28.1 Å². The van der Waals surface area contributed by atoms with Crippen LogP contribution in [0.3, 0.4) is 0 Å². The number of para-hydroxylation sites is 1. The maximum Gasteiger partial charge on any atom is 0.246 e. The van der Waals surface area contributed by atoms with Crippen LogP contribution in [0.1, 0.15) is 37.1 Å². The minimum atomic E-state index is 0.0844. The zero-order valence-corrected chi connectivity index (χ0v) is 13.1. The van der Waals surface area contributed by atoms with Gasteiger partial charge in [-0.25, -0.2) is 4.98 Å². The number of likely N-dealkylation sites (N-methyl/N-ethyl adjacent to an activating group) is 1. The molecule has 2 aromatic rings. The van der Waals surface area contributed by atoms with Gasteiger partial charge in [0.05, 0.1) is 10.2 Å². The van der Waals surface area contributed by atoms with Gasteiger partial charge in [-0.15, -0.1) is 11.3 Å². The second kappa shape index (κ2) is 6.39. The smallest absolute Gasteiger partial charge is 0.246 e. The van der Waals surface area contributed by atoms with E-state index >= 15 is 0 Å². The van der Waals surface area contributed by atoms with Gasteiger partial charge in [0, 0.05) is 19.2 Å². The molecule has 1 aliphatic rings. The minimum absolute atomic E-state index is 0.0844. The molecule has 0 bridgehead atoms. The molecule has 0 atom stereocenters. The van der Waals surface area contributed by atoms with Crippen LogP contribution in [0, 0.1) is 0 Å². The number of aromatic nitrogens is 1. The highest BCUT2D eigenvalue weighted by Gasteiger charge is 2.20. The summed E-state index contributed by atoms with van der Waals surface area (Å²) in [5, 5.41) is 0.890. The molecule has 1 amide bonds. The predicted molar refractivity (Wildman–Crippen MR) is 88.3 cm³/mol. The van der Waals surface area contributed by atoms with E-state index in [0.29, 0.717) is 6.04 Å². The summed E-state index contributed by atoms with van der Waals surface area (Å²) in [5.41, 5.74) is 0.996. The Bertz CT molecular complexity index is 623. The van der Waals surface area contributed by atoms with Crippen LogP contribution in [0.15, 0.2) is 30.3 Å². The van der Waals surface area contributed by atoms with Gasteiger partial charge < -0.3 is 4.90 Å². The van der Waals surface area contributed by atoms with Crippen molar-refractivity contribution in [2.75, 3.05) is 7.05 Å². The van der Waals surface area contributed by atoms with Gasteiger partial charge in [0.1, 0.15) is 5.01 Å². The van der Waals surface area contributed by atoms with Gasteiger partial charge in [0.2, 0.25) is 5.91 Å². The summed E-state index contributed by atoms with van der Waals surface area (Å²) in [6.45, 7) is 0. The van der Waals surface area contributed by atoms with Crippen LogP contribution >= 0.6 is 11.3 Å². The number of carbonyl (C=O) groups is 1. The van der Waals surface area contributed by atoms with E-state index in [4.69, 9.17) is 0 Å². The summed E-state index contributed by atoms with van der Waals surface area (Å²) in [6.07, 6.45) is 9.56. The number of fused-ring (bicyclic) bond motifs is 1. The first-order valence-corrected chi connectivity index (χ1v) is 8.36. The Balaban J connectivity index is 1.68. The van der Waals surface area contributed by atoms with E-state index in [1.54, 1.807) is 17.4 Å². The number of benzene rings is 1. The lowest BCUT2D eigenvalue weighted by atomic mass is 9.94. The zero-order valence-electron chi connectivity index (χ0n) is 12.3. The third-order valence-corrected chi connectivity index (χ3v) is 5.15. The van der Waals surface area contributed by atoms with Gasteiger partial charge >= 0.3 is 0 Å². The molecule has 0 aliphatic heterocycles. The Morgan fingerprint density at radius 2 is 2.05 bits per heavy atom. The van der Waals surface area contributed by atoms with Crippen LogP contribution in [-0.4, -0.2) is 28.9 Å². The maximum atomic E-state index is 12.2. The van der Waals surface area contributed by atoms with E-state index in [1.165, 1.54) is 19.3 Å². The van der Waals surface area contributed by atoms with Gasteiger partial charge in [-0.2, -0.15) is 0 Å². The van der Waals surface area contributed by atoms with Crippen LogP contribution in [0.5, 0.6) is 0 Å². The molecule has 1 saturated carbocycles. The Morgan fingerprint density at radius 3 is 2.81 bits per heavy atom. The van der Waals surface area contributed by atoms with Crippen molar-refractivity contribution in [3.05, 3.63) is 35.3 Å². The fraction of sp³-hybridized carbons (Fsp3) is 0.412.